The standard InChI is InChI=1S/C22H33F6N2PS/c1-6-29(7-2)18-19(30(8-3)9-4)31-20(18,22(26,27)28)17(21(23,24)25)16(32-31)15-13-11-10-12-14(15)5/h14-15H,6-13H2,1-5H3. The Kier molecular flexibility index (Phi) is 7.52. The van der Waals surface area contributed by atoms with Gasteiger partial charge in [0.05, 0.1) is 16.7 Å². The quantitative estimate of drug-likeness (QED) is 0.258. The number of hydrogen-bond acceptors (Lipinski definition) is 3. The second-order valence-electron chi connectivity index (χ2n) is 8.72. The molecule has 1 fully saturated rings. The van der Waals surface area contributed by atoms with Gasteiger partial charge in [0.2, 0.25) is 0 Å². The second-order valence-corrected chi connectivity index (χ2v) is 12.7. The molecule has 3 rings (SSSR count). The summed E-state index contributed by atoms with van der Waals surface area (Å²) in [5.41, 5.74) is -0.954. The van der Waals surface area contributed by atoms with Crippen LogP contribution in [-0.2, 0) is 0 Å². The molecular weight excluding hydrogens is 469 g/mol. The highest BCUT2D eigenvalue weighted by Crippen LogP contribution is 2.90. The van der Waals surface area contributed by atoms with Gasteiger partial charge in [-0.25, -0.2) is 0 Å². The fourth-order valence-corrected chi connectivity index (χ4v) is 12.6. The van der Waals surface area contributed by atoms with E-state index in [-0.39, 0.29) is 29.6 Å². The molecule has 32 heavy (non-hydrogen) atoms. The van der Waals surface area contributed by atoms with Gasteiger partial charge in [-0.2, -0.15) is 26.3 Å². The van der Waals surface area contributed by atoms with E-state index in [0.29, 0.717) is 24.9 Å². The first-order chi connectivity index (χ1) is 14.9. The highest BCUT2D eigenvalue weighted by Gasteiger charge is 2.80. The SMILES string of the molecule is CCN(CC)C1=C(N(CC)CC)C2(C(F)(F)F)C(C(F)(F)F)=C(C3CCCCC3C)SP12. The number of alkyl halides is 6. The number of hydrogen-bond donors (Lipinski definition) is 0. The van der Waals surface area contributed by atoms with Crippen molar-refractivity contribution in [2.45, 2.75) is 77.8 Å². The molecule has 2 nitrogen and oxygen atoms in total. The van der Waals surface area contributed by atoms with Crippen LogP contribution in [0.3, 0.4) is 0 Å². The van der Waals surface area contributed by atoms with Gasteiger partial charge >= 0.3 is 12.4 Å². The number of allylic oxidation sites excluding steroid dienone is 2. The predicted molar refractivity (Wildman–Crippen MR) is 120 cm³/mol. The second kappa shape index (κ2) is 9.24. The Balaban J connectivity index is 2.33. The monoisotopic (exact) mass is 502 g/mol. The fourth-order valence-electron chi connectivity index (χ4n) is 5.52. The van der Waals surface area contributed by atoms with Gasteiger partial charge in [0.25, 0.3) is 0 Å². The molecule has 0 bridgehead atoms. The Morgan fingerprint density at radius 3 is 1.88 bits per heavy atom. The molecule has 0 aromatic rings. The van der Waals surface area contributed by atoms with Gasteiger partial charge in [0.15, 0.2) is 5.16 Å². The first-order valence-electron chi connectivity index (χ1n) is 11.5. The van der Waals surface area contributed by atoms with Crippen LogP contribution in [-0.4, -0.2) is 53.5 Å². The fraction of sp³-hybridized carbons (Fsp3) is 0.818. The van der Waals surface area contributed by atoms with Crippen molar-refractivity contribution >= 4 is 18.5 Å². The first kappa shape index (κ1) is 26.1. The maximum Gasteiger partial charge on any atom is 0.415 e. The summed E-state index contributed by atoms with van der Waals surface area (Å²) in [5.74, 6) is -0.495. The van der Waals surface area contributed by atoms with Crippen LogP contribution in [0.25, 0.3) is 0 Å². The van der Waals surface area contributed by atoms with Crippen molar-refractivity contribution in [2.24, 2.45) is 11.8 Å². The molecule has 2 heterocycles. The number of rotatable bonds is 7. The average Bonchev–Trinajstić information content (AvgIpc) is 3.01. The van der Waals surface area contributed by atoms with Crippen LogP contribution in [0, 0.1) is 11.8 Å². The third-order valence-corrected chi connectivity index (χ3v) is 12.7. The Morgan fingerprint density at radius 2 is 1.44 bits per heavy atom. The molecule has 3 aliphatic rings. The third kappa shape index (κ3) is 3.77. The van der Waals surface area contributed by atoms with E-state index in [4.69, 9.17) is 0 Å². The van der Waals surface area contributed by atoms with Gasteiger partial charge in [-0.1, -0.05) is 37.6 Å². The van der Waals surface area contributed by atoms with E-state index >= 15 is 0 Å². The number of fused-ring (bicyclic) bond motifs is 1. The Labute approximate surface area is 192 Å². The zero-order valence-corrected chi connectivity index (χ0v) is 21.0. The summed E-state index contributed by atoms with van der Waals surface area (Å²) in [5, 5.41) is -2.93. The summed E-state index contributed by atoms with van der Waals surface area (Å²) < 4.78 is 88.9. The molecule has 1 aliphatic carbocycles. The highest BCUT2D eigenvalue weighted by atomic mass is 32.7. The van der Waals surface area contributed by atoms with E-state index < -0.39 is 36.1 Å². The Bertz CT molecular complexity index is 769. The van der Waals surface area contributed by atoms with Crippen molar-refractivity contribution < 1.29 is 26.3 Å². The minimum Gasteiger partial charge on any atom is -0.372 e. The van der Waals surface area contributed by atoms with Crippen LogP contribution < -0.4 is 0 Å². The maximum atomic E-state index is 15.0. The van der Waals surface area contributed by atoms with E-state index in [0.717, 1.165) is 30.6 Å². The van der Waals surface area contributed by atoms with Gasteiger partial charge < -0.3 is 9.80 Å². The molecular formula is C22H33F6N2PS. The van der Waals surface area contributed by atoms with Crippen molar-refractivity contribution in [1.29, 1.82) is 0 Å². The predicted octanol–water partition coefficient (Wildman–Crippen LogP) is 7.94. The van der Waals surface area contributed by atoms with E-state index in [9.17, 15) is 26.3 Å². The molecule has 0 spiro atoms. The summed E-state index contributed by atoms with van der Waals surface area (Å²) in [7, 11) is -2.14. The van der Waals surface area contributed by atoms with Crippen molar-refractivity contribution in [3.8, 4) is 0 Å². The lowest BCUT2D eigenvalue weighted by Gasteiger charge is -2.55. The lowest BCUT2D eigenvalue weighted by molar-refractivity contribution is -0.172. The van der Waals surface area contributed by atoms with Crippen LogP contribution >= 0.6 is 18.5 Å². The zero-order valence-electron chi connectivity index (χ0n) is 19.3. The first-order valence-corrected chi connectivity index (χ1v) is 14.3. The molecule has 1 saturated carbocycles. The summed E-state index contributed by atoms with van der Waals surface area (Å²) in [6.45, 7) is 10.4. The van der Waals surface area contributed by atoms with E-state index in [1.54, 1.807) is 13.8 Å². The van der Waals surface area contributed by atoms with E-state index in [1.165, 1.54) is 4.90 Å². The van der Waals surface area contributed by atoms with Crippen molar-refractivity contribution in [1.82, 2.24) is 9.80 Å². The molecule has 0 N–H and O–H groups in total. The van der Waals surface area contributed by atoms with Gasteiger partial charge in [-0.15, -0.1) is 0 Å². The van der Waals surface area contributed by atoms with Gasteiger partial charge in [-0.3, -0.25) is 0 Å². The van der Waals surface area contributed by atoms with Gasteiger partial charge in [0.1, 0.15) is 0 Å². The third-order valence-electron chi connectivity index (χ3n) is 7.13. The van der Waals surface area contributed by atoms with Crippen molar-refractivity contribution in [3.05, 3.63) is 21.6 Å². The lowest BCUT2D eigenvalue weighted by Crippen LogP contribution is -2.59. The molecule has 2 aliphatic heterocycles. The minimum absolute atomic E-state index is 0.0278. The number of halogens is 6. The maximum absolute atomic E-state index is 15.0. The summed E-state index contributed by atoms with van der Waals surface area (Å²) >= 11 is 0.919. The summed E-state index contributed by atoms with van der Waals surface area (Å²) in [6.07, 6.45) is -7.06. The molecule has 10 heteroatoms. The summed E-state index contributed by atoms with van der Waals surface area (Å²) in [4.78, 5) is 3.33. The molecule has 0 saturated heterocycles. The zero-order chi connectivity index (χ0) is 24.1. The van der Waals surface area contributed by atoms with Crippen LogP contribution in [0.4, 0.5) is 26.3 Å². The lowest BCUT2D eigenvalue weighted by atomic mass is 9.77. The molecule has 0 radical (unpaired) electrons. The van der Waals surface area contributed by atoms with Gasteiger partial charge in [-0.05, 0) is 46.0 Å². The van der Waals surface area contributed by atoms with E-state index in [1.807, 2.05) is 25.7 Å². The molecule has 0 amide bonds. The average molecular weight is 503 g/mol. The smallest absolute Gasteiger partial charge is 0.372 e. The largest absolute Gasteiger partial charge is 0.415 e. The van der Waals surface area contributed by atoms with Crippen LogP contribution in [0.5, 0.6) is 0 Å². The minimum atomic E-state index is -5.03. The number of nitrogens with zero attached hydrogens (tertiary/aromatic N) is 2. The molecule has 4 atom stereocenters. The molecule has 0 aromatic heterocycles. The summed E-state index contributed by atoms with van der Waals surface area (Å²) in [6, 6.07) is 0. The van der Waals surface area contributed by atoms with Crippen LogP contribution in [0.1, 0.15) is 60.3 Å². The van der Waals surface area contributed by atoms with Crippen LogP contribution in [0.2, 0.25) is 0 Å². The highest BCUT2D eigenvalue weighted by molar-refractivity contribution is 8.60. The normalized spacial score (nSPS) is 31.0. The van der Waals surface area contributed by atoms with Crippen LogP contribution in [0.15, 0.2) is 21.6 Å². The van der Waals surface area contributed by atoms with Crippen molar-refractivity contribution in [3.63, 3.8) is 0 Å². The molecule has 0 aromatic carbocycles. The Morgan fingerprint density at radius 1 is 0.906 bits per heavy atom. The topological polar surface area (TPSA) is 6.48 Å². The van der Waals surface area contributed by atoms with E-state index in [2.05, 4.69) is 0 Å². The Hall–Kier alpha value is -0.560. The molecule has 4 unspecified atom stereocenters. The van der Waals surface area contributed by atoms with Crippen molar-refractivity contribution in [2.75, 3.05) is 26.2 Å². The molecule has 184 valence electrons. The van der Waals surface area contributed by atoms with Gasteiger partial charge in [0, 0.05) is 38.2 Å².